The Balaban J connectivity index is 1.06. The largest absolute Gasteiger partial charge is 0.471 e. The Morgan fingerprint density at radius 1 is 0.737 bits per heavy atom. The highest BCUT2D eigenvalue weighted by Gasteiger charge is 2.47. The van der Waals surface area contributed by atoms with Crippen molar-refractivity contribution in [2.75, 3.05) is 13.1 Å². The minimum absolute atomic E-state index is 0.0370. The summed E-state index contributed by atoms with van der Waals surface area (Å²) >= 11 is 0. The summed E-state index contributed by atoms with van der Waals surface area (Å²) in [6.45, 7) is 2.15. The second-order valence-corrected chi connectivity index (χ2v) is 14.7. The minimum Gasteiger partial charge on any atom is -0.392 e. The van der Waals surface area contributed by atoms with Crippen molar-refractivity contribution in [1.82, 2.24) is 15.1 Å². The maximum absolute atomic E-state index is 13.1. The summed E-state index contributed by atoms with van der Waals surface area (Å²) in [5.74, 6) is -2.58. The van der Waals surface area contributed by atoms with Crippen LogP contribution in [0.3, 0.4) is 0 Å². The number of carbonyl (C=O) groups excluding carboxylic acids is 2. The number of aliphatic hydroxyl groups excluding tert-OH is 1. The van der Waals surface area contributed by atoms with Gasteiger partial charge in [0.2, 0.25) is 5.91 Å². The molecule has 0 spiro atoms. The first-order valence-corrected chi connectivity index (χ1v) is 19.3. The summed E-state index contributed by atoms with van der Waals surface area (Å²) in [5, 5.41) is 12.4. The van der Waals surface area contributed by atoms with Crippen molar-refractivity contribution in [3.63, 3.8) is 0 Å². The molecular formula is C46H46F3N3O5. The van der Waals surface area contributed by atoms with Crippen LogP contribution in [0, 0.1) is 0 Å². The molecule has 296 valence electrons. The van der Waals surface area contributed by atoms with E-state index < -0.39 is 30.3 Å². The van der Waals surface area contributed by atoms with Gasteiger partial charge in [-0.15, -0.1) is 0 Å². The Bertz CT molecular complexity index is 2040. The molecule has 2 aliphatic heterocycles. The van der Waals surface area contributed by atoms with Crippen LogP contribution in [0.1, 0.15) is 65.0 Å². The Labute approximate surface area is 330 Å². The van der Waals surface area contributed by atoms with E-state index in [4.69, 9.17) is 9.47 Å². The lowest BCUT2D eigenvalue weighted by Crippen LogP contribution is -2.50. The Hall–Kier alpha value is -5.33. The summed E-state index contributed by atoms with van der Waals surface area (Å²) < 4.78 is 52.7. The number of hydrogen-bond acceptors (Lipinski definition) is 6. The standard InChI is InChI=1S/C46H46F3N3O5/c47-46(48,49)45(55)52-24-8-15-41(52)43(54)50-27-35-13-7-14-39(25-35)36-20-22-38(23-21-36)44-56-40(26-42(57-44)37-18-16-34(31-53)17-19-37)30-51(28-32-9-3-1-4-10-32)29-33-11-5-2-6-12-33/h1-7,9-14,16-23,25,40-42,44,53H,8,15,24,26-31H2,(H,50,54)/t40-,41-,42+,44+/m0/s1. The van der Waals surface area contributed by atoms with Crippen molar-refractivity contribution in [1.29, 1.82) is 0 Å². The van der Waals surface area contributed by atoms with Gasteiger partial charge in [0.15, 0.2) is 6.29 Å². The molecule has 57 heavy (non-hydrogen) atoms. The third kappa shape index (κ3) is 10.4. The topological polar surface area (TPSA) is 91.3 Å². The molecule has 2 aliphatic rings. The first kappa shape index (κ1) is 39.9. The molecule has 0 radical (unpaired) electrons. The van der Waals surface area contributed by atoms with E-state index in [1.807, 2.05) is 84.9 Å². The second-order valence-electron chi connectivity index (χ2n) is 14.7. The number of nitrogens with one attached hydrogen (secondary N) is 1. The third-order valence-electron chi connectivity index (χ3n) is 10.5. The zero-order valence-corrected chi connectivity index (χ0v) is 31.5. The number of rotatable bonds is 13. The highest BCUT2D eigenvalue weighted by atomic mass is 19.4. The van der Waals surface area contributed by atoms with Crippen molar-refractivity contribution in [3.05, 3.63) is 167 Å². The van der Waals surface area contributed by atoms with Gasteiger partial charge < -0.3 is 24.8 Å². The average molecular weight is 778 g/mol. The fourth-order valence-corrected chi connectivity index (χ4v) is 7.63. The normalized spacial score (nSPS) is 19.8. The number of amides is 2. The van der Waals surface area contributed by atoms with Crippen molar-refractivity contribution in [2.45, 2.75) is 76.2 Å². The van der Waals surface area contributed by atoms with Crippen LogP contribution in [0.15, 0.2) is 133 Å². The molecule has 5 aromatic carbocycles. The lowest BCUT2D eigenvalue weighted by atomic mass is 9.98. The second kappa shape index (κ2) is 18.3. The number of likely N-dealkylation sites (tertiary alicyclic amines) is 1. The number of nitrogens with zero attached hydrogens (tertiary/aromatic N) is 2. The quantitative estimate of drug-likeness (QED) is 0.125. The molecule has 0 unspecified atom stereocenters. The smallest absolute Gasteiger partial charge is 0.392 e. The SMILES string of the molecule is O=C(NCc1cccc(-c2ccc([C@@H]3O[C@H](CN(Cc4ccccc4)Cc4ccccc4)C[C@H](c4ccc(CO)cc4)O3)cc2)c1)[C@@H]1CCCN1C(=O)C(F)(F)F. The van der Waals surface area contributed by atoms with E-state index in [1.165, 1.54) is 11.1 Å². The van der Waals surface area contributed by atoms with Crippen molar-refractivity contribution in [3.8, 4) is 11.1 Å². The predicted molar refractivity (Wildman–Crippen MR) is 210 cm³/mol. The first-order chi connectivity index (χ1) is 27.6. The van der Waals surface area contributed by atoms with Gasteiger partial charge in [0, 0.05) is 44.7 Å². The molecule has 2 amide bonds. The summed E-state index contributed by atoms with van der Waals surface area (Å²) in [5.41, 5.74) is 7.71. The van der Waals surface area contributed by atoms with E-state index in [9.17, 15) is 27.9 Å². The minimum atomic E-state index is -5.02. The fraction of sp³-hybridized carbons (Fsp3) is 0.304. The number of benzene rings is 5. The number of aliphatic hydroxyl groups is 1. The van der Waals surface area contributed by atoms with E-state index in [0.29, 0.717) is 24.3 Å². The highest BCUT2D eigenvalue weighted by molar-refractivity contribution is 5.90. The van der Waals surface area contributed by atoms with Crippen molar-refractivity contribution >= 4 is 11.8 Å². The number of hydrogen-bond donors (Lipinski definition) is 2. The van der Waals surface area contributed by atoms with Crippen LogP contribution in [-0.2, 0) is 45.3 Å². The maximum atomic E-state index is 13.1. The van der Waals surface area contributed by atoms with Gasteiger partial charge in [-0.2, -0.15) is 13.2 Å². The van der Waals surface area contributed by atoms with Gasteiger partial charge in [-0.1, -0.05) is 127 Å². The van der Waals surface area contributed by atoms with Crippen LogP contribution in [-0.4, -0.2) is 58.1 Å². The summed E-state index contributed by atoms with van der Waals surface area (Å²) in [7, 11) is 0. The summed E-state index contributed by atoms with van der Waals surface area (Å²) in [4.78, 5) is 27.8. The molecule has 8 nitrogen and oxygen atoms in total. The molecular weight excluding hydrogens is 732 g/mol. The number of halogens is 3. The molecule has 0 bridgehead atoms. The van der Waals surface area contributed by atoms with Crippen molar-refractivity contribution < 1.29 is 37.3 Å². The van der Waals surface area contributed by atoms with Gasteiger partial charge in [0.1, 0.15) is 6.04 Å². The molecule has 2 saturated heterocycles. The average Bonchev–Trinajstić information content (AvgIpc) is 3.73. The molecule has 2 fully saturated rings. The zero-order chi connectivity index (χ0) is 39.8. The summed E-state index contributed by atoms with van der Waals surface area (Å²) in [6.07, 6.45) is -4.90. The van der Waals surface area contributed by atoms with Crippen LogP contribution in [0.2, 0.25) is 0 Å². The first-order valence-electron chi connectivity index (χ1n) is 19.3. The lowest BCUT2D eigenvalue weighted by molar-refractivity contribution is -0.253. The van der Waals surface area contributed by atoms with E-state index in [2.05, 4.69) is 58.7 Å². The molecule has 0 saturated carbocycles. The molecule has 5 aromatic rings. The monoisotopic (exact) mass is 777 g/mol. The van der Waals surface area contributed by atoms with Gasteiger partial charge in [-0.3, -0.25) is 14.5 Å². The Morgan fingerprint density at radius 3 is 2.00 bits per heavy atom. The van der Waals surface area contributed by atoms with Gasteiger partial charge in [-0.25, -0.2) is 0 Å². The molecule has 4 atom stereocenters. The number of ether oxygens (including phenoxy) is 2. The van der Waals surface area contributed by atoms with Gasteiger partial charge in [0.25, 0.3) is 0 Å². The third-order valence-corrected chi connectivity index (χ3v) is 10.5. The van der Waals surface area contributed by atoms with E-state index >= 15 is 0 Å². The van der Waals surface area contributed by atoms with E-state index in [0.717, 1.165) is 46.5 Å². The fourth-order valence-electron chi connectivity index (χ4n) is 7.63. The molecule has 11 heteroatoms. The molecule has 0 aromatic heterocycles. The predicted octanol–water partition coefficient (Wildman–Crippen LogP) is 8.26. The van der Waals surface area contributed by atoms with Crippen LogP contribution in [0.25, 0.3) is 11.1 Å². The van der Waals surface area contributed by atoms with E-state index in [1.54, 1.807) is 0 Å². The number of carbonyl (C=O) groups is 2. The number of alkyl halides is 3. The Kier molecular flexibility index (Phi) is 12.8. The van der Waals surface area contributed by atoms with E-state index in [-0.39, 0.29) is 38.3 Å². The Morgan fingerprint density at radius 2 is 1.37 bits per heavy atom. The van der Waals surface area contributed by atoms with Crippen LogP contribution in [0.4, 0.5) is 13.2 Å². The van der Waals surface area contributed by atoms with Crippen LogP contribution in [0.5, 0.6) is 0 Å². The zero-order valence-electron chi connectivity index (χ0n) is 31.5. The molecule has 2 heterocycles. The van der Waals surface area contributed by atoms with Crippen molar-refractivity contribution in [2.24, 2.45) is 0 Å². The lowest BCUT2D eigenvalue weighted by Gasteiger charge is -2.38. The van der Waals surface area contributed by atoms with Gasteiger partial charge >= 0.3 is 12.1 Å². The summed E-state index contributed by atoms with van der Waals surface area (Å²) in [6, 6.07) is 43.0. The maximum Gasteiger partial charge on any atom is 0.471 e. The van der Waals surface area contributed by atoms with Gasteiger partial charge in [-0.05, 0) is 57.9 Å². The molecule has 2 N–H and O–H groups in total. The molecule has 7 rings (SSSR count). The van der Waals surface area contributed by atoms with Gasteiger partial charge in [0.05, 0.1) is 18.8 Å². The van der Waals surface area contributed by atoms with Crippen LogP contribution < -0.4 is 5.32 Å². The van der Waals surface area contributed by atoms with Crippen LogP contribution >= 0.6 is 0 Å². The highest BCUT2D eigenvalue weighted by Crippen LogP contribution is 2.39. The molecule has 0 aliphatic carbocycles.